The maximum absolute atomic E-state index is 12.9. The molecule has 0 unspecified atom stereocenters. The summed E-state index contributed by atoms with van der Waals surface area (Å²) in [5, 5.41) is 16.3. The topological polar surface area (TPSA) is 87.0 Å². The second-order valence-corrected chi connectivity index (χ2v) is 6.11. The van der Waals surface area contributed by atoms with Gasteiger partial charge in [-0.05, 0) is 19.1 Å². The fraction of sp³-hybridized carbons (Fsp3) is 0.158. The van der Waals surface area contributed by atoms with Crippen LogP contribution in [0.3, 0.4) is 0 Å². The Morgan fingerprint density at radius 2 is 1.44 bits per heavy atom. The van der Waals surface area contributed by atoms with Gasteiger partial charge in [0.05, 0.1) is 11.4 Å². The van der Waals surface area contributed by atoms with Crippen LogP contribution in [0.15, 0.2) is 59.7 Å². The second-order valence-electron chi connectivity index (χ2n) is 6.11. The lowest BCUT2D eigenvalue weighted by molar-refractivity contribution is -0.131. The quantitative estimate of drug-likeness (QED) is 0.849. The number of hydrazone groups is 1. The van der Waals surface area contributed by atoms with E-state index in [-0.39, 0.29) is 16.8 Å². The first-order valence-corrected chi connectivity index (χ1v) is 7.81. The molecular weight excluding hydrogens is 320 g/mol. The molecule has 0 radical (unpaired) electrons. The highest BCUT2D eigenvalue weighted by Gasteiger charge is 2.61. The van der Waals surface area contributed by atoms with Crippen molar-refractivity contribution in [2.75, 3.05) is 5.01 Å². The largest absolute Gasteiger partial charge is 0.373 e. The first-order valence-electron chi connectivity index (χ1n) is 7.81. The molecule has 4 rings (SSSR count). The molecule has 1 amide bonds. The lowest BCUT2D eigenvalue weighted by Crippen LogP contribution is -2.55. The Labute approximate surface area is 143 Å². The molecule has 1 atom stereocenters. The van der Waals surface area contributed by atoms with E-state index in [1.807, 2.05) is 0 Å². The predicted octanol–water partition coefficient (Wildman–Crippen LogP) is 1.84. The zero-order valence-electron chi connectivity index (χ0n) is 13.3. The normalized spacial score (nSPS) is 23.2. The average molecular weight is 334 g/mol. The Morgan fingerprint density at radius 3 is 2.00 bits per heavy atom. The Morgan fingerprint density at radius 1 is 0.920 bits per heavy atom. The number of hydrogen-bond donors (Lipinski definition) is 1. The average Bonchev–Trinajstić information content (AvgIpc) is 3.02. The van der Waals surface area contributed by atoms with Crippen molar-refractivity contribution in [1.29, 1.82) is 0 Å². The van der Waals surface area contributed by atoms with Crippen LogP contribution in [-0.2, 0) is 4.79 Å². The molecule has 0 fully saturated rings. The summed E-state index contributed by atoms with van der Waals surface area (Å²) in [5.41, 5.74) is -1.34. The third kappa shape index (κ3) is 1.94. The van der Waals surface area contributed by atoms with Crippen molar-refractivity contribution in [1.82, 2.24) is 0 Å². The molecule has 1 aliphatic heterocycles. The Hall–Kier alpha value is -3.12. The highest BCUT2D eigenvalue weighted by atomic mass is 16.3. The summed E-state index contributed by atoms with van der Waals surface area (Å²) in [7, 11) is 0. The van der Waals surface area contributed by atoms with Crippen LogP contribution in [0.1, 0.15) is 27.6 Å². The lowest BCUT2D eigenvalue weighted by atomic mass is 9.80. The molecule has 25 heavy (non-hydrogen) atoms. The molecular formula is C19H14N2O4. The van der Waals surface area contributed by atoms with Gasteiger partial charge in [0, 0.05) is 11.1 Å². The zero-order valence-corrected chi connectivity index (χ0v) is 13.3. The van der Waals surface area contributed by atoms with Crippen LogP contribution in [-0.4, -0.2) is 33.9 Å². The van der Waals surface area contributed by atoms with E-state index in [0.717, 1.165) is 5.01 Å². The SMILES string of the molecule is CC1=NN(c2ccccc2)C(=O)[C@@]1(O)C1C(=O)c2ccccc2C1=O. The van der Waals surface area contributed by atoms with Gasteiger partial charge in [0.1, 0.15) is 5.92 Å². The van der Waals surface area contributed by atoms with Crippen LogP contribution in [0.25, 0.3) is 0 Å². The van der Waals surface area contributed by atoms with E-state index in [1.165, 1.54) is 19.1 Å². The molecule has 2 aromatic carbocycles. The van der Waals surface area contributed by atoms with Crippen molar-refractivity contribution >= 4 is 28.9 Å². The fourth-order valence-electron chi connectivity index (χ4n) is 3.39. The summed E-state index contributed by atoms with van der Waals surface area (Å²) in [5.74, 6) is -3.41. The maximum Gasteiger partial charge on any atom is 0.286 e. The summed E-state index contributed by atoms with van der Waals surface area (Å²) in [6.45, 7) is 1.45. The van der Waals surface area contributed by atoms with Crippen molar-refractivity contribution in [3.05, 3.63) is 65.7 Å². The van der Waals surface area contributed by atoms with Crippen LogP contribution in [0.5, 0.6) is 0 Å². The number of carbonyl (C=O) groups excluding carboxylic acids is 3. The van der Waals surface area contributed by atoms with Crippen molar-refractivity contribution in [2.24, 2.45) is 11.0 Å². The van der Waals surface area contributed by atoms with Gasteiger partial charge in [-0.2, -0.15) is 10.1 Å². The number of rotatable bonds is 2. The highest BCUT2D eigenvalue weighted by Crippen LogP contribution is 2.39. The maximum atomic E-state index is 12.9. The first-order chi connectivity index (χ1) is 12.0. The molecule has 2 aromatic rings. The standard InChI is InChI=1S/C19H14N2O4/c1-11-19(25,18(24)21(20-11)12-7-3-2-4-8-12)15-16(22)13-9-5-6-10-14(13)17(15)23/h2-10,15,25H,1H3/t19-/m0/s1. The van der Waals surface area contributed by atoms with Crippen LogP contribution in [0, 0.1) is 5.92 Å². The Kier molecular flexibility index (Phi) is 3.20. The molecule has 0 aromatic heterocycles. The van der Waals surface area contributed by atoms with E-state index in [1.54, 1.807) is 42.5 Å². The minimum atomic E-state index is -2.27. The van der Waals surface area contributed by atoms with E-state index < -0.39 is 29.0 Å². The molecule has 124 valence electrons. The number of nitrogens with zero attached hydrogens (tertiary/aromatic N) is 2. The number of anilines is 1. The number of Topliss-reactive ketones (excluding diaryl/α,β-unsaturated/α-hetero) is 2. The molecule has 0 spiro atoms. The van der Waals surface area contributed by atoms with Crippen molar-refractivity contribution < 1.29 is 19.5 Å². The summed E-state index contributed by atoms with van der Waals surface area (Å²) >= 11 is 0. The summed E-state index contributed by atoms with van der Waals surface area (Å²) in [4.78, 5) is 38.4. The number of carbonyl (C=O) groups is 3. The van der Waals surface area contributed by atoms with Gasteiger partial charge in [-0.1, -0.05) is 42.5 Å². The molecule has 0 saturated carbocycles. The fourth-order valence-corrected chi connectivity index (χ4v) is 3.39. The van der Waals surface area contributed by atoms with Gasteiger partial charge >= 0.3 is 0 Å². The van der Waals surface area contributed by atoms with Gasteiger partial charge in [0.15, 0.2) is 11.6 Å². The van der Waals surface area contributed by atoms with Crippen molar-refractivity contribution in [2.45, 2.75) is 12.5 Å². The molecule has 1 N–H and O–H groups in total. The summed E-state index contributed by atoms with van der Waals surface area (Å²) < 4.78 is 0. The number of amides is 1. The third-order valence-corrected chi connectivity index (χ3v) is 4.72. The summed E-state index contributed by atoms with van der Waals surface area (Å²) in [6.07, 6.45) is 0. The van der Waals surface area contributed by atoms with Gasteiger partial charge in [-0.25, -0.2) is 0 Å². The second kappa shape index (κ2) is 5.19. The molecule has 0 bridgehead atoms. The van der Waals surface area contributed by atoms with Crippen LogP contribution < -0.4 is 5.01 Å². The molecule has 6 heteroatoms. The number of ketones is 2. The van der Waals surface area contributed by atoms with Gasteiger partial charge in [0.2, 0.25) is 5.60 Å². The summed E-state index contributed by atoms with van der Waals surface area (Å²) in [6, 6.07) is 14.9. The van der Waals surface area contributed by atoms with Gasteiger partial charge in [0.25, 0.3) is 5.91 Å². The Bertz CT molecular complexity index is 916. The van der Waals surface area contributed by atoms with Crippen molar-refractivity contribution in [3.8, 4) is 0 Å². The smallest absolute Gasteiger partial charge is 0.286 e. The van der Waals surface area contributed by atoms with Gasteiger partial charge < -0.3 is 5.11 Å². The predicted molar refractivity (Wildman–Crippen MR) is 90.6 cm³/mol. The van der Waals surface area contributed by atoms with E-state index in [2.05, 4.69) is 5.10 Å². The highest BCUT2D eigenvalue weighted by molar-refractivity contribution is 6.35. The van der Waals surface area contributed by atoms with Crippen LogP contribution >= 0.6 is 0 Å². The number of para-hydroxylation sites is 1. The molecule has 0 saturated heterocycles. The van der Waals surface area contributed by atoms with E-state index in [9.17, 15) is 19.5 Å². The zero-order chi connectivity index (χ0) is 17.8. The molecule has 6 nitrogen and oxygen atoms in total. The third-order valence-electron chi connectivity index (χ3n) is 4.72. The van der Waals surface area contributed by atoms with E-state index in [0.29, 0.717) is 5.69 Å². The van der Waals surface area contributed by atoms with E-state index >= 15 is 0 Å². The van der Waals surface area contributed by atoms with Crippen molar-refractivity contribution in [3.63, 3.8) is 0 Å². The monoisotopic (exact) mass is 334 g/mol. The number of fused-ring (bicyclic) bond motifs is 1. The van der Waals surface area contributed by atoms with Crippen LogP contribution in [0.2, 0.25) is 0 Å². The minimum Gasteiger partial charge on any atom is -0.373 e. The lowest BCUT2D eigenvalue weighted by Gasteiger charge is -2.26. The first kappa shape index (κ1) is 15.4. The number of hydrogen-bond acceptors (Lipinski definition) is 5. The molecule has 2 aliphatic rings. The molecule has 1 heterocycles. The number of benzene rings is 2. The molecule has 1 aliphatic carbocycles. The minimum absolute atomic E-state index is 0.0286. The number of aliphatic hydroxyl groups is 1. The van der Waals surface area contributed by atoms with Crippen LogP contribution in [0.4, 0.5) is 5.69 Å². The van der Waals surface area contributed by atoms with Gasteiger partial charge in [-0.15, -0.1) is 0 Å². The Balaban J connectivity index is 1.79. The van der Waals surface area contributed by atoms with Gasteiger partial charge in [-0.3, -0.25) is 14.4 Å². The van der Waals surface area contributed by atoms with E-state index in [4.69, 9.17) is 0 Å².